The Bertz CT molecular complexity index is 1160. The molecule has 1 aliphatic rings. The highest BCUT2D eigenvalue weighted by atomic mass is 19.1. The number of piperazine rings is 1. The summed E-state index contributed by atoms with van der Waals surface area (Å²) in [6, 6.07) is 7.48. The van der Waals surface area contributed by atoms with Gasteiger partial charge in [-0.2, -0.15) is 5.10 Å². The van der Waals surface area contributed by atoms with E-state index in [2.05, 4.69) is 15.0 Å². The molecule has 2 aromatic heterocycles. The number of carbonyl (C=O) groups is 1. The lowest BCUT2D eigenvalue weighted by Crippen LogP contribution is -2.49. The summed E-state index contributed by atoms with van der Waals surface area (Å²) in [6.07, 6.45) is 1.70. The first-order valence-corrected chi connectivity index (χ1v) is 9.77. The van der Waals surface area contributed by atoms with Gasteiger partial charge in [0.2, 0.25) is 0 Å². The number of methoxy groups -OCH3 is 1. The Balaban J connectivity index is 1.62. The van der Waals surface area contributed by atoms with Crippen molar-refractivity contribution < 1.29 is 13.9 Å². The van der Waals surface area contributed by atoms with Crippen LogP contribution in [-0.4, -0.2) is 58.9 Å². The maximum atomic E-state index is 13.9. The van der Waals surface area contributed by atoms with Crippen molar-refractivity contribution in [2.75, 3.05) is 38.2 Å². The zero-order valence-corrected chi connectivity index (χ0v) is 16.8. The molecule has 0 N–H and O–H groups in total. The lowest BCUT2D eigenvalue weighted by Gasteiger charge is -2.35. The van der Waals surface area contributed by atoms with Crippen molar-refractivity contribution in [2.45, 2.75) is 13.5 Å². The third-order valence-electron chi connectivity index (χ3n) is 5.26. The number of fused-ring (bicyclic) bond motifs is 1. The second kappa shape index (κ2) is 8.10. The average molecular weight is 411 g/mol. The number of nitrogens with zero attached hydrogens (tertiary/aromatic N) is 5. The van der Waals surface area contributed by atoms with E-state index < -0.39 is 5.82 Å². The first kappa shape index (κ1) is 19.8. The van der Waals surface area contributed by atoms with E-state index in [1.807, 2.05) is 6.07 Å². The van der Waals surface area contributed by atoms with Gasteiger partial charge in [0.25, 0.3) is 11.5 Å². The molecule has 3 heterocycles. The van der Waals surface area contributed by atoms with Gasteiger partial charge >= 0.3 is 0 Å². The fourth-order valence-electron chi connectivity index (χ4n) is 3.68. The quantitative estimate of drug-likeness (QED) is 0.653. The minimum Gasteiger partial charge on any atom is -0.493 e. The van der Waals surface area contributed by atoms with Gasteiger partial charge in [0.05, 0.1) is 12.5 Å². The molecule has 4 rings (SSSR count). The molecular weight excluding hydrogens is 389 g/mol. The first-order chi connectivity index (χ1) is 14.5. The highest BCUT2D eigenvalue weighted by Gasteiger charge is 2.27. The Morgan fingerprint density at radius 3 is 2.63 bits per heavy atom. The standard InChI is InChI=1S/C21H22FN5O3/c1-3-27-20(28)15-7-6-14(22)13-16(15)18(24-27)21(29)26-11-9-25(10-12-26)19-17(30-2)5-4-8-23-19/h4-8,13H,3,9-12H2,1-2H3. The van der Waals surface area contributed by atoms with Crippen LogP contribution in [0.4, 0.5) is 10.2 Å². The summed E-state index contributed by atoms with van der Waals surface area (Å²) in [5.74, 6) is 0.576. The molecule has 30 heavy (non-hydrogen) atoms. The minimum absolute atomic E-state index is 0.0924. The molecule has 0 saturated carbocycles. The summed E-state index contributed by atoms with van der Waals surface area (Å²) in [6.45, 7) is 4.12. The normalized spacial score (nSPS) is 14.2. The average Bonchev–Trinajstić information content (AvgIpc) is 2.79. The number of amides is 1. The number of aryl methyl sites for hydroxylation is 1. The van der Waals surface area contributed by atoms with Crippen molar-refractivity contribution >= 4 is 22.5 Å². The number of benzene rings is 1. The molecule has 0 unspecified atom stereocenters. The monoisotopic (exact) mass is 411 g/mol. The van der Waals surface area contributed by atoms with Crippen LogP contribution in [0.25, 0.3) is 10.8 Å². The largest absolute Gasteiger partial charge is 0.493 e. The van der Waals surface area contributed by atoms with E-state index >= 15 is 0 Å². The molecule has 3 aromatic rings. The molecule has 1 aliphatic heterocycles. The third kappa shape index (κ3) is 3.47. The number of hydrogen-bond donors (Lipinski definition) is 0. The minimum atomic E-state index is -0.515. The van der Waals surface area contributed by atoms with Crippen LogP contribution in [0.15, 0.2) is 41.3 Å². The Hall–Kier alpha value is -3.49. The Morgan fingerprint density at radius 2 is 1.93 bits per heavy atom. The van der Waals surface area contributed by atoms with Gasteiger partial charge in [-0.25, -0.2) is 14.1 Å². The number of ether oxygens (including phenoxy) is 1. The Morgan fingerprint density at radius 1 is 1.17 bits per heavy atom. The number of rotatable bonds is 4. The van der Waals surface area contributed by atoms with Gasteiger partial charge in [0.15, 0.2) is 17.3 Å². The van der Waals surface area contributed by atoms with E-state index in [4.69, 9.17) is 4.74 Å². The second-order valence-corrected chi connectivity index (χ2v) is 6.97. The van der Waals surface area contributed by atoms with Crippen molar-refractivity contribution in [3.63, 3.8) is 0 Å². The van der Waals surface area contributed by atoms with E-state index in [0.29, 0.717) is 38.5 Å². The van der Waals surface area contributed by atoms with E-state index in [0.717, 1.165) is 5.82 Å². The van der Waals surface area contributed by atoms with Crippen molar-refractivity contribution in [2.24, 2.45) is 0 Å². The zero-order valence-electron chi connectivity index (χ0n) is 16.8. The maximum Gasteiger partial charge on any atom is 0.275 e. The van der Waals surface area contributed by atoms with Gasteiger partial charge in [-0.1, -0.05) is 0 Å². The first-order valence-electron chi connectivity index (χ1n) is 9.77. The molecule has 9 heteroatoms. The van der Waals surface area contributed by atoms with Crippen LogP contribution in [0.2, 0.25) is 0 Å². The van der Waals surface area contributed by atoms with Gasteiger partial charge < -0.3 is 14.5 Å². The molecule has 1 saturated heterocycles. The van der Waals surface area contributed by atoms with Gasteiger partial charge in [-0.15, -0.1) is 0 Å². The summed E-state index contributed by atoms with van der Waals surface area (Å²) in [7, 11) is 1.60. The fraction of sp³-hybridized carbons (Fsp3) is 0.333. The molecule has 8 nitrogen and oxygen atoms in total. The number of anilines is 1. The fourth-order valence-corrected chi connectivity index (χ4v) is 3.68. The van der Waals surface area contributed by atoms with Crippen LogP contribution in [0.3, 0.4) is 0 Å². The van der Waals surface area contributed by atoms with Crippen molar-refractivity contribution in [1.29, 1.82) is 0 Å². The van der Waals surface area contributed by atoms with E-state index in [-0.39, 0.29) is 27.9 Å². The molecule has 0 atom stereocenters. The maximum absolute atomic E-state index is 13.9. The Labute approximate surface area is 172 Å². The van der Waals surface area contributed by atoms with Gasteiger partial charge in [-0.3, -0.25) is 9.59 Å². The van der Waals surface area contributed by atoms with Crippen LogP contribution < -0.4 is 15.2 Å². The van der Waals surface area contributed by atoms with Crippen LogP contribution in [0, 0.1) is 5.82 Å². The van der Waals surface area contributed by atoms with Gasteiger partial charge in [-0.05, 0) is 37.3 Å². The van der Waals surface area contributed by atoms with E-state index in [9.17, 15) is 14.0 Å². The SMILES string of the molecule is CCn1nc(C(=O)N2CCN(c3ncccc3OC)CC2)c2cc(F)ccc2c1=O. The lowest BCUT2D eigenvalue weighted by molar-refractivity contribution is 0.0740. The summed E-state index contributed by atoms with van der Waals surface area (Å²) in [5.41, 5.74) is -0.245. The zero-order chi connectivity index (χ0) is 21.3. The highest BCUT2D eigenvalue weighted by Crippen LogP contribution is 2.26. The number of carbonyl (C=O) groups excluding carboxylic acids is 1. The lowest BCUT2D eigenvalue weighted by atomic mass is 10.1. The smallest absolute Gasteiger partial charge is 0.275 e. The topological polar surface area (TPSA) is 80.6 Å². The molecule has 1 amide bonds. The highest BCUT2D eigenvalue weighted by molar-refractivity contribution is 6.04. The third-order valence-corrected chi connectivity index (χ3v) is 5.26. The molecule has 156 valence electrons. The number of aromatic nitrogens is 3. The predicted octanol–water partition coefficient (Wildman–Crippen LogP) is 1.92. The summed E-state index contributed by atoms with van der Waals surface area (Å²) in [4.78, 5) is 33.9. The molecule has 0 bridgehead atoms. The molecule has 0 radical (unpaired) electrons. The molecule has 1 aromatic carbocycles. The molecule has 0 spiro atoms. The summed E-state index contributed by atoms with van der Waals surface area (Å²) in [5, 5.41) is 4.77. The molecule has 0 aliphatic carbocycles. The number of hydrogen-bond acceptors (Lipinski definition) is 6. The summed E-state index contributed by atoms with van der Waals surface area (Å²) >= 11 is 0. The number of halogens is 1. The molecular formula is C21H22FN5O3. The van der Waals surface area contributed by atoms with Crippen LogP contribution >= 0.6 is 0 Å². The Kier molecular flexibility index (Phi) is 5.35. The van der Waals surface area contributed by atoms with Crippen molar-refractivity contribution in [1.82, 2.24) is 19.7 Å². The van der Waals surface area contributed by atoms with Crippen LogP contribution in [0.1, 0.15) is 17.4 Å². The summed E-state index contributed by atoms with van der Waals surface area (Å²) < 4.78 is 20.5. The predicted molar refractivity (Wildman–Crippen MR) is 111 cm³/mol. The van der Waals surface area contributed by atoms with Crippen LogP contribution in [-0.2, 0) is 6.54 Å². The second-order valence-electron chi connectivity index (χ2n) is 6.97. The van der Waals surface area contributed by atoms with Crippen molar-refractivity contribution in [3.05, 3.63) is 58.4 Å². The van der Waals surface area contributed by atoms with Gasteiger partial charge in [0.1, 0.15) is 5.82 Å². The molecule has 1 fully saturated rings. The number of pyridine rings is 1. The van der Waals surface area contributed by atoms with Crippen molar-refractivity contribution in [3.8, 4) is 5.75 Å². The van der Waals surface area contributed by atoms with E-state index in [1.165, 1.54) is 22.9 Å². The van der Waals surface area contributed by atoms with Crippen LogP contribution in [0.5, 0.6) is 5.75 Å². The van der Waals surface area contributed by atoms with E-state index in [1.54, 1.807) is 31.2 Å². The van der Waals surface area contributed by atoms with Gasteiger partial charge in [0, 0.05) is 44.3 Å².